The highest BCUT2D eigenvalue weighted by molar-refractivity contribution is 5.25. The van der Waals surface area contributed by atoms with Gasteiger partial charge < -0.3 is 5.73 Å². The Morgan fingerprint density at radius 1 is 1.42 bits per heavy atom. The second kappa shape index (κ2) is 5.10. The topological polar surface area (TPSA) is 92.3 Å². The highest BCUT2D eigenvalue weighted by Crippen LogP contribution is 2.17. The Hall–Kier alpha value is -1.73. The molecule has 0 unspecified atom stereocenters. The smallest absolute Gasteiger partial charge is 0.274 e. The van der Waals surface area contributed by atoms with E-state index in [2.05, 4.69) is 20.0 Å². The van der Waals surface area contributed by atoms with E-state index in [1.165, 1.54) is 10.8 Å². The third-order valence-electron chi connectivity index (χ3n) is 3.75. The minimum absolute atomic E-state index is 0.116. The van der Waals surface area contributed by atoms with Crippen LogP contribution < -0.4 is 11.3 Å². The molecule has 102 valence electrons. The van der Waals surface area contributed by atoms with Crippen LogP contribution in [-0.4, -0.2) is 44.1 Å². The van der Waals surface area contributed by atoms with E-state index in [0.29, 0.717) is 18.2 Å². The van der Waals surface area contributed by atoms with Crippen LogP contribution in [0, 0.1) is 5.92 Å². The molecule has 3 rings (SSSR count). The minimum atomic E-state index is -0.116. The van der Waals surface area contributed by atoms with Crippen molar-refractivity contribution < 1.29 is 0 Å². The minimum Gasteiger partial charge on any atom is -0.330 e. The van der Waals surface area contributed by atoms with Crippen molar-refractivity contribution in [2.45, 2.75) is 19.4 Å². The number of H-pyrrole nitrogens is 1. The Bertz CT molecular complexity index is 610. The molecule has 2 aromatic rings. The summed E-state index contributed by atoms with van der Waals surface area (Å²) in [5.74, 6) is 1.07. The van der Waals surface area contributed by atoms with Crippen LogP contribution in [0.25, 0.3) is 5.78 Å². The van der Waals surface area contributed by atoms with Gasteiger partial charge in [0.05, 0.1) is 5.69 Å². The van der Waals surface area contributed by atoms with E-state index in [4.69, 9.17) is 5.73 Å². The number of hydrogen-bond acceptors (Lipinski definition) is 5. The number of piperidine rings is 1. The Balaban J connectivity index is 1.73. The van der Waals surface area contributed by atoms with Crippen molar-refractivity contribution in [3.05, 3.63) is 28.4 Å². The second-order valence-corrected chi connectivity index (χ2v) is 5.06. The van der Waals surface area contributed by atoms with Crippen molar-refractivity contribution in [2.24, 2.45) is 11.7 Å². The molecule has 1 aliphatic rings. The van der Waals surface area contributed by atoms with Gasteiger partial charge in [0.25, 0.3) is 11.3 Å². The van der Waals surface area contributed by atoms with Gasteiger partial charge in [-0.15, -0.1) is 0 Å². The maximum absolute atomic E-state index is 11.8. The number of rotatable bonds is 3. The van der Waals surface area contributed by atoms with Gasteiger partial charge in [0, 0.05) is 12.6 Å². The van der Waals surface area contributed by atoms with Gasteiger partial charge in [-0.1, -0.05) is 0 Å². The number of hydrogen-bond donors (Lipinski definition) is 2. The molecule has 0 radical (unpaired) electrons. The maximum Gasteiger partial charge on any atom is 0.274 e. The van der Waals surface area contributed by atoms with Crippen molar-refractivity contribution in [3.63, 3.8) is 0 Å². The number of aromatic amines is 1. The van der Waals surface area contributed by atoms with Crippen LogP contribution in [0.3, 0.4) is 0 Å². The number of aromatic nitrogens is 4. The Kier molecular flexibility index (Phi) is 3.31. The zero-order valence-electron chi connectivity index (χ0n) is 10.7. The fourth-order valence-corrected chi connectivity index (χ4v) is 2.56. The number of nitrogens with two attached hydrogens (primary N) is 1. The lowest BCUT2D eigenvalue weighted by molar-refractivity contribution is 0.178. The largest absolute Gasteiger partial charge is 0.330 e. The van der Waals surface area contributed by atoms with E-state index in [1.54, 1.807) is 6.07 Å². The summed E-state index contributed by atoms with van der Waals surface area (Å²) in [4.78, 5) is 22.5. The van der Waals surface area contributed by atoms with Gasteiger partial charge in [-0.05, 0) is 38.4 Å². The van der Waals surface area contributed by atoms with Crippen LogP contribution in [0.4, 0.5) is 0 Å². The van der Waals surface area contributed by atoms with E-state index in [9.17, 15) is 4.79 Å². The highest BCUT2D eigenvalue weighted by atomic mass is 16.1. The highest BCUT2D eigenvalue weighted by Gasteiger charge is 2.18. The first-order chi connectivity index (χ1) is 9.26. The summed E-state index contributed by atoms with van der Waals surface area (Å²) in [5.41, 5.74) is 6.35. The fraction of sp³-hybridized carbons (Fsp3) is 0.583. The molecular formula is C12H18N6O. The van der Waals surface area contributed by atoms with E-state index in [1.807, 2.05) is 0 Å². The summed E-state index contributed by atoms with van der Waals surface area (Å²) >= 11 is 0. The molecule has 0 aromatic carbocycles. The van der Waals surface area contributed by atoms with Crippen molar-refractivity contribution in [1.29, 1.82) is 0 Å². The van der Waals surface area contributed by atoms with Crippen molar-refractivity contribution >= 4 is 5.78 Å². The number of likely N-dealkylation sites (tertiary alicyclic amines) is 1. The summed E-state index contributed by atoms with van der Waals surface area (Å²) in [5, 5.41) is 2.74. The first-order valence-electron chi connectivity index (χ1n) is 6.61. The molecule has 2 aromatic heterocycles. The predicted octanol–water partition coefficient (Wildman–Crippen LogP) is -0.412. The van der Waals surface area contributed by atoms with Gasteiger partial charge in [-0.2, -0.15) is 4.52 Å². The SMILES string of the molecule is NCC1CCN(Cc2cc(=O)n3[nH]cnc3n2)CC1. The molecule has 1 saturated heterocycles. The van der Waals surface area contributed by atoms with Crippen LogP contribution in [0.5, 0.6) is 0 Å². The molecule has 7 heteroatoms. The average molecular weight is 262 g/mol. The van der Waals surface area contributed by atoms with Crippen LogP contribution in [-0.2, 0) is 6.54 Å². The number of fused-ring (bicyclic) bond motifs is 1. The standard InChI is InChI=1S/C12H18N6O/c13-6-9-1-3-17(4-2-9)7-10-5-11(19)18-12(16-10)14-8-15-18/h5,8-9H,1-4,6-7,13H2,(H,14,15,16). The summed E-state index contributed by atoms with van der Waals surface area (Å²) in [7, 11) is 0. The van der Waals surface area contributed by atoms with Gasteiger partial charge >= 0.3 is 0 Å². The molecule has 3 N–H and O–H groups in total. The predicted molar refractivity (Wildman–Crippen MR) is 70.7 cm³/mol. The maximum atomic E-state index is 11.8. The van der Waals surface area contributed by atoms with Gasteiger partial charge in [0.1, 0.15) is 6.33 Å². The molecule has 1 aliphatic heterocycles. The molecule has 7 nitrogen and oxygen atoms in total. The van der Waals surface area contributed by atoms with Crippen LogP contribution in [0.2, 0.25) is 0 Å². The molecule has 19 heavy (non-hydrogen) atoms. The molecule has 0 amide bonds. The normalized spacial score (nSPS) is 18.2. The summed E-state index contributed by atoms with van der Waals surface area (Å²) < 4.78 is 1.34. The Morgan fingerprint density at radius 2 is 2.21 bits per heavy atom. The fourth-order valence-electron chi connectivity index (χ4n) is 2.56. The Labute approximate surface area is 110 Å². The number of nitrogens with zero attached hydrogens (tertiary/aromatic N) is 4. The molecular weight excluding hydrogens is 244 g/mol. The van der Waals surface area contributed by atoms with Gasteiger partial charge in [0.15, 0.2) is 0 Å². The summed E-state index contributed by atoms with van der Waals surface area (Å²) in [6, 6.07) is 1.57. The number of nitrogens with one attached hydrogen (secondary N) is 1. The third-order valence-corrected chi connectivity index (χ3v) is 3.75. The van der Waals surface area contributed by atoms with Gasteiger partial charge in [0.2, 0.25) is 0 Å². The molecule has 0 atom stereocenters. The first kappa shape index (κ1) is 12.3. The van der Waals surface area contributed by atoms with Gasteiger partial charge in [-0.25, -0.2) is 9.97 Å². The average Bonchev–Trinajstić information content (AvgIpc) is 2.88. The lowest BCUT2D eigenvalue weighted by Gasteiger charge is -2.30. The zero-order valence-corrected chi connectivity index (χ0v) is 10.7. The quantitative estimate of drug-likeness (QED) is 0.784. The van der Waals surface area contributed by atoms with E-state index >= 15 is 0 Å². The third kappa shape index (κ3) is 2.52. The van der Waals surface area contributed by atoms with Gasteiger partial charge in [-0.3, -0.25) is 14.8 Å². The van der Waals surface area contributed by atoms with Crippen molar-refractivity contribution in [1.82, 2.24) is 24.5 Å². The van der Waals surface area contributed by atoms with Crippen molar-refractivity contribution in [2.75, 3.05) is 19.6 Å². The molecule has 0 aliphatic carbocycles. The van der Waals surface area contributed by atoms with Crippen LogP contribution in [0.1, 0.15) is 18.5 Å². The first-order valence-corrected chi connectivity index (χ1v) is 6.61. The van der Waals surface area contributed by atoms with E-state index in [-0.39, 0.29) is 5.56 Å². The molecule has 3 heterocycles. The second-order valence-electron chi connectivity index (χ2n) is 5.06. The van der Waals surface area contributed by atoms with Crippen LogP contribution in [0.15, 0.2) is 17.2 Å². The summed E-state index contributed by atoms with van der Waals surface area (Å²) in [6.07, 6.45) is 3.72. The van der Waals surface area contributed by atoms with E-state index in [0.717, 1.165) is 38.2 Å². The molecule has 0 spiro atoms. The zero-order chi connectivity index (χ0) is 13.2. The lowest BCUT2D eigenvalue weighted by Crippen LogP contribution is -2.36. The van der Waals surface area contributed by atoms with E-state index < -0.39 is 0 Å². The molecule has 0 bridgehead atoms. The van der Waals surface area contributed by atoms with Crippen LogP contribution >= 0.6 is 0 Å². The van der Waals surface area contributed by atoms with Crippen molar-refractivity contribution in [3.8, 4) is 0 Å². The summed E-state index contributed by atoms with van der Waals surface area (Å²) in [6.45, 7) is 3.51. The molecule has 1 fully saturated rings. The monoisotopic (exact) mass is 262 g/mol. The molecule has 0 saturated carbocycles. The lowest BCUT2D eigenvalue weighted by atomic mass is 9.97. The Morgan fingerprint density at radius 3 is 2.95 bits per heavy atom.